The van der Waals surface area contributed by atoms with E-state index in [2.05, 4.69) is 0 Å². The zero-order valence-electron chi connectivity index (χ0n) is 6.49. The van der Waals surface area contributed by atoms with Crippen molar-refractivity contribution in [2.45, 2.75) is 6.18 Å². The number of halogens is 5. The largest absolute Gasteiger partial charge is 0.418 e. The molecular weight excluding hydrogens is 242 g/mol. The summed E-state index contributed by atoms with van der Waals surface area (Å²) in [7, 11) is 0. The van der Waals surface area contributed by atoms with Crippen molar-refractivity contribution in [3.8, 4) is 0 Å². The van der Waals surface area contributed by atoms with Crippen LogP contribution in [0, 0.1) is 0 Å². The Balaban J connectivity index is 3.40. The van der Waals surface area contributed by atoms with E-state index in [0.29, 0.717) is 6.07 Å². The minimum absolute atomic E-state index is 0.152. The van der Waals surface area contributed by atoms with Crippen molar-refractivity contribution in [2.75, 3.05) is 5.48 Å². The Morgan fingerprint density at radius 2 is 1.79 bits per heavy atom. The van der Waals surface area contributed by atoms with Gasteiger partial charge in [0.25, 0.3) is 0 Å². The Morgan fingerprint density at radius 1 is 1.21 bits per heavy atom. The second-order valence-electron chi connectivity index (χ2n) is 2.42. The fraction of sp³-hybridized carbons (Fsp3) is 0.143. The Morgan fingerprint density at radius 3 is 2.21 bits per heavy atom. The summed E-state index contributed by atoms with van der Waals surface area (Å²) in [5.74, 6) is 0. The molecule has 14 heavy (non-hydrogen) atoms. The summed E-state index contributed by atoms with van der Waals surface area (Å²) in [6.07, 6.45) is -4.63. The normalized spacial score (nSPS) is 11.6. The van der Waals surface area contributed by atoms with Crippen molar-refractivity contribution in [2.24, 2.45) is 0 Å². The molecule has 0 saturated heterocycles. The standard InChI is InChI=1S/C7H4Cl2F3NO/c8-3-1-4(7(10,11)12)6(13-14)5(9)2-3/h1-2,13-14H. The predicted molar refractivity (Wildman–Crippen MR) is 46.9 cm³/mol. The topological polar surface area (TPSA) is 32.3 Å². The molecule has 7 heteroatoms. The number of benzene rings is 1. The van der Waals surface area contributed by atoms with Crippen LogP contribution in [0.2, 0.25) is 10.0 Å². The molecule has 0 amide bonds. The molecule has 2 N–H and O–H groups in total. The van der Waals surface area contributed by atoms with Crippen LogP contribution in [0.1, 0.15) is 5.56 Å². The monoisotopic (exact) mass is 245 g/mol. The average Bonchev–Trinajstić information content (AvgIpc) is 2.01. The number of rotatable bonds is 1. The third kappa shape index (κ3) is 2.23. The smallest absolute Gasteiger partial charge is 0.291 e. The first-order valence-electron chi connectivity index (χ1n) is 3.32. The fourth-order valence-electron chi connectivity index (χ4n) is 0.911. The van der Waals surface area contributed by atoms with Gasteiger partial charge in [-0.3, -0.25) is 10.7 Å². The number of anilines is 1. The predicted octanol–water partition coefficient (Wildman–Crippen LogP) is 3.81. The molecule has 0 fully saturated rings. The zero-order chi connectivity index (χ0) is 10.9. The maximum absolute atomic E-state index is 12.3. The van der Waals surface area contributed by atoms with Crippen LogP contribution in [0.5, 0.6) is 0 Å². The van der Waals surface area contributed by atoms with Gasteiger partial charge in [0.05, 0.1) is 16.3 Å². The van der Waals surface area contributed by atoms with Crippen LogP contribution in [0.4, 0.5) is 18.9 Å². The van der Waals surface area contributed by atoms with E-state index >= 15 is 0 Å². The molecular formula is C7H4Cl2F3NO. The van der Waals surface area contributed by atoms with Crippen molar-refractivity contribution < 1.29 is 18.4 Å². The van der Waals surface area contributed by atoms with Crippen LogP contribution in [0.3, 0.4) is 0 Å². The van der Waals surface area contributed by atoms with E-state index in [1.54, 1.807) is 0 Å². The molecule has 0 spiro atoms. The highest BCUT2D eigenvalue weighted by Gasteiger charge is 2.35. The summed E-state index contributed by atoms with van der Waals surface area (Å²) >= 11 is 10.8. The third-order valence-electron chi connectivity index (χ3n) is 1.47. The molecule has 0 heterocycles. The molecule has 78 valence electrons. The van der Waals surface area contributed by atoms with Gasteiger partial charge < -0.3 is 0 Å². The average molecular weight is 246 g/mol. The van der Waals surface area contributed by atoms with E-state index in [9.17, 15) is 13.2 Å². The minimum Gasteiger partial charge on any atom is -0.291 e. The Bertz CT molecular complexity index is 354. The Hall–Kier alpha value is -0.650. The van der Waals surface area contributed by atoms with E-state index in [-0.39, 0.29) is 10.0 Å². The van der Waals surface area contributed by atoms with Crippen LogP contribution in [-0.2, 0) is 6.18 Å². The van der Waals surface area contributed by atoms with Gasteiger partial charge in [-0.2, -0.15) is 13.2 Å². The second-order valence-corrected chi connectivity index (χ2v) is 3.26. The van der Waals surface area contributed by atoms with Gasteiger partial charge in [0.1, 0.15) is 0 Å². The summed E-state index contributed by atoms with van der Waals surface area (Å²) in [6, 6.07) is 1.77. The maximum atomic E-state index is 12.3. The van der Waals surface area contributed by atoms with Gasteiger partial charge in [-0.25, -0.2) is 0 Å². The van der Waals surface area contributed by atoms with Crippen molar-refractivity contribution in [3.05, 3.63) is 27.7 Å². The Kier molecular flexibility index (Phi) is 3.14. The summed E-state index contributed by atoms with van der Waals surface area (Å²) in [5, 5.41) is 8.03. The lowest BCUT2D eigenvalue weighted by Crippen LogP contribution is -2.09. The third-order valence-corrected chi connectivity index (χ3v) is 1.99. The van der Waals surface area contributed by atoms with E-state index < -0.39 is 17.4 Å². The molecule has 0 aliphatic carbocycles. The van der Waals surface area contributed by atoms with Gasteiger partial charge in [0.15, 0.2) is 0 Å². The fourth-order valence-corrected chi connectivity index (χ4v) is 1.45. The number of hydrogen-bond acceptors (Lipinski definition) is 2. The molecule has 1 rings (SSSR count). The summed E-state index contributed by atoms with van der Waals surface area (Å²) in [6.45, 7) is 0. The van der Waals surface area contributed by atoms with Gasteiger partial charge in [0, 0.05) is 5.02 Å². The highest BCUT2D eigenvalue weighted by Crippen LogP contribution is 2.40. The first kappa shape index (κ1) is 11.4. The number of alkyl halides is 3. The minimum atomic E-state index is -4.63. The lowest BCUT2D eigenvalue weighted by atomic mass is 10.2. The van der Waals surface area contributed by atoms with Crippen molar-refractivity contribution in [1.29, 1.82) is 0 Å². The number of nitrogens with one attached hydrogen (secondary N) is 1. The van der Waals surface area contributed by atoms with E-state index in [1.807, 2.05) is 0 Å². The molecule has 0 radical (unpaired) electrons. The molecule has 0 unspecified atom stereocenters. The van der Waals surface area contributed by atoms with Crippen LogP contribution in [0.15, 0.2) is 12.1 Å². The second kappa shape index (κ2) is 3.84. The van der Waals surface area contributed by atoms with Crippen LogP contribution in [-0.4, -0.2) is 5.21 Å². The van der Waals surface area contributed by atoms with Crippen LogP contribution < -0.4 is 5.48 Å². The van der Waals surface area contributed by atoms with Gasteiger partial charge in [-0.05, 0) is 12.1 Å². The molecule has 1 aromatic carbocycles. The molecule has 0 aromatic heterocycles. The zero-order valence-corrected chi connectivity index (χ0v) is 8.00. The summed E-state index contributed by atoms with van der Waals surface area (Å²) in [5.41, 5.74) is -0.334. The van der Waals surface area contributed by atoms with Crippen LogP contribution in [0.25, 0.3) is 0 Å². The number of hydrogen-bond donors (Lipinski definition) is 2. The quantitative estimate of drug-likeness (QED) is 0.738. The van der Waals surface area contributed by atoms with Crippen molar-refractivity contribution in [3.63, 3.8) is 0 Å². The van der Waals surface area contributed by atoms with E-state index in [0.717, 1.165) is 6.07 Å². The first-order valence-corrected chi connectivity index (χ1v) is 4.08. The van der Waals surface area contributed by atoms with Crippen molar-refractivity contribution in [1.82, 2.24) is 0 Å². The molecule has 0 saturated carbocycles. The molecule has 1 aromatic rings. The first-order chi connectivity index (χ1) is 6.36. The molecule has 0 aliphatic heterocycles. The van der Waals surface area contributed by atoms with Gasteiger partial charge >= 0.3 is 6.18 Å². The summed E-state index contributed by atoms with van der Waals surface area (Å²) < 4.78 is 37.0. The Labute approximate surface area is 87.2 Å². The molecule has 2 nitrogen and oxygen atoms in total. The highest BCUT2D eigenvalue weighted by molar-refractivity contribution is 6.36. The SMILES string of the molecule is ONc1c(Cl)cc(Cl)cc1C(F)(F)F. The molecule has 0 atom stereocenters. The van der Waals surface area contributed by atoms with Crippen LogP contribution >= 0.6 is 23.2 Å². The lowest BCUT2D eigenvalue weighted by molar-refractivity contribution is -0.137. The molecule has 0 aliphatic rings. The van der Waals surface area contributed by atoms with Gasteiger partial charge in [-0.1, -0.05) is 23.2 Å². The van der Waals surface area contributed by atoms with Gasteiger partial charge in [-0.15, -0.1) is 0 Å². The van der Waals surface area contributed by atoms with E-state index in [1.165, 1.54) is 5.48 Å². The lowest BCUT2D eigenvalue weighted by Gasteiger charge is -2.13. The van der Waals surface area contributed by atoms with Crippen molar-refractivity contribution >= 4 is 28.9 Å². The van der Waals surface area contributed by atoms with E-state index in [4.69, 9.17) is 28.4 Å². The van der Waals surface area contributed by atoms with Gasteiger partial charge in [0.2, 0.25) is 0 Å². The highest BCUT2D eigenvalue weighted by atomic mass is 35.5. The maximum Gasteiger partial charge on any atom is 0.418 e. The molecule has 0 bridgehead atoms. The summed E-state index contributed by atoms with van der Waals surface area (Å²) in [4.78, 5) is 0.